The lowest BCUT2D eigenvalue weighted by Gasteiger charge is -2.13. The third kappa shape index (κ3) is 2.25. The maximum absolute atomic E-state index is 5.41. The highest BCUT2D eigenvalue weighted by Crippen LogP contribution is 2.37. The number of hydrogen-bond donors (Lipinski definition) is 0. The quantitative estimate of drug-likeness (QED) is 0.825. The van der Waals surface area contributed by atoms with Gasteiger partial charge < -0.3 is 14.2 Å². The zero-order chi connectivity index (χ0) is 13.0. The van der Waals surface area contributed by atoms with Crippen LogP contribution < -0.4 is 14.2 Å². The minimum atomic E-state index is 0.763. The topological polar surface area (TPSA) is 27.7 Å². The summed E-state index contributed by atoms with van der Waals surface area (Å²) in [5.41, 5.74) is 1.98. The molecule has 2 aromatic carbocycles. The molecule has 0 heterocycles. The molecule has 0 bridgehead atoms. The molecule has 0 fully saturated rings. The summed E-state index contributed by atoms with van der Waals surface area (Å²) in [6.07, 6.45) is 0. The fourth-order valence-electron chi connectivity index (χ4n) is 1.89. The molecule has 0 spiro atoms. The van der Waals surface area contributed by atoms with Crippen molar-refractivity contribution in [3.05, 3.63) is 42.5 Å². The lowest BCUT2D eigenvalue weighted by Crippen LogP contribution is -1.92. The Morgan fingerprint density at radius 1 is 0.667 bits per heavy atom. The number of ether oxygens (including phenoxy) is 3. The van der Waals surface area contributed by atoms with E-state index in [2.05, 4.69) is 0 Å². The zero-order valence-corrected chi connectivity index (χ0v) is 10.8. The second-order valence-electron chi connectivity index (χ2n) is 3.77. The maximum Gasteiger partial charge on any atom is 0.130 e. The van der Waals surface area contributed by atoms with Crippen molar-refractivity contribution in [3.63, 3.8) is 0 Å². The molecule has 3 nitrogen and oxygen atoms in total. The number of benzene rings is 2. The highest BCUT2D eigenvalue weighted by Gasteiger charge is 2.11. The van der Waals surface area contributed by atoms with Gasteiger partial charge in [0.05, 0.1) is 21.3 Å². The maximum atomic E-state index is 5.41. The van der Waals surface area contributed by atoms with Crippen LogP contribution in [0.3, 0.4) is 0 Å². The summed E-state index contributed by atoms with van der Waals surface area (Å²) in [5.74, 6) is 2.35. The van der Waals surface area contributed by atoms with Crippen LogP contribution in [0.15, 0.2) is 42.5 Å². The standard InChI is InChI=1S/C15H16O3/c1-16-11-8-9-13(15(10-11)18-3)12-6-4-5-7-14(12)17-2/h4-10H,1-3H3. The second-order valence-corrected chi connectivity index (χ2v) is 3.77. The number of rotatable bonds is 4. The first-order chi connectivity index (χ1) is 8.80. The number of hydrogen-bond acceptors (Lipinski definition) is 3. The lowest BCUT2D eigenvalue weighted by atomic mass is 10.0. The van der Waals surface area contributed by atoms with E-state index >= 15 is 0 Å². The fraction of sp³-hybridized carbons (Fsp3) is 0.200. The molecule has 0 aliphatic heterocycles. The minimum absolute atomic E-state index is 0.763. The summed E-state index contributed by atoms with van der Waals surface area (Å²) >= 11 is 0. The van der Waals surface area contributed by atoms with Crippen LogP contribution in [0.5, 0.6) is 17.2 Å². The molecule has 2 rings (SSSR count). The van der Waals surface area contributed by atoms with Gasteiger partial charge in [-0.25, -0.2) is 0 Å². The van der Waals surface area contributed by atoms with Crippen LogP contribution in [0.2, 0.25) is 0 Å². The average molecular weight is 244 g/mol. The number of para-hydroxylation sites is 1. The molecule has 18 heavy (non-hydrogen) atoms. The van der Waals surface area contributed by atoms with Gasteiger partial charge in [-0.2, -0.15) is 0 Å². The van der Waals surface area contributed by atoms with Crippen molar-refractivity contribution in [3.8, 4) is 28.4 Å². The van der Waals surface area contributed by atoms with E-state index in [-0.39, 0.29) is 0 Å². The third-order valence-corrected chi connectivity index (χ3v) is 2.81. The van der Waals surface area contributed by atoms with Gasteiger partial charge in [0.1, 0.15) is 17.2 Å². The molecule has 0 amide bonds. The molecule has 2 aromatic rings. The smallest absolute Gasteiger partial charge is 0.130 e. The molecule has 94 valence electrons. The molecular weight excluding hydrogens is 228 g/mol. The highest BCUT2D eigenvalue weighted by atomic mass is 16.5. The monoisotopic (exact) mass is 244 g/mol. The minimum Gasteiger partial charge on any atom is -0.497 e. The van der Waals surface area contributed by atoms with E-state index in [1.807, 2.05) is 42.5 Å². The zero-order valence-electron chi connectivity index (χ0n) is 10.8. The van der Waals surface area contributed by atoms with E-state index in [0.29, 0.717) is 0 Å². The van der Waals surface area contributed by atoms with Crippen molar-refractivity contribution in [1.82, 2.24) is 0 Å². The van der Waals surface area contributed by atoms with Crippen LogP contribution in [-0.4, -0.2) is 21.3 Å². The molecular formula is C15H16O3. The Labute approximate surface area is 107 Å². The fourth-order valence-corrected chi connectivity index (χ4v) is 1.89. The summed E-state index contributed by atoms with van der Waals surface area (Å²) in [4.78, 5) is 0. The third-order valence-electron chi connectivity index (χ3n) is 2.81. The molecule has 0 atom stereocenters. The first-order valence-corrected chi connectivity index (χ1v) is 5.65. The van der Waals surface area contributed by atoms with Crippen LogP contribution >= 0.6 is 0 Å². The first kappa shape index (κ1) is 12.3. The molecule has 0 aliphatic carbocycles. The van der Waals surface area contributed by atoms with Gasteiger partial charge in [-0.3, -0.25) is 0 Å². The van der Waals surface area contributed by atoms with Crippen molar-refractivity contribution in [2.45, 2.75) is 0 Å². The summed E-state index contributed by atoms with van der Waals surface area (Å²) in [6, 6.07) is 13.6. The summed E-state index contributed by atoms with van der Waals surface area (Å²) in [6.45, 7) is 0. The normalized spacial score (nSPS) is 9.94. The molecule has 0 radical (unpaired) electrons. The van der Waals surface area contributed by atoms with E-state index in [1.165, 1.54) is 0 Å². The Hall–Kier alpha value is -2.16. The van der Waals surface area contributed by atoms with E-state index in [9.17, 15) is 0 Å². The largest absolute Gasteiger partial charge is 0.497 e. The van der Waals surface area contributed by atoms with Gasteiger partial charge in [0.2, 0.25) is 0 Å². The second kappa shape index (κ2) is 5.45. The Morgan fingerprint density at radius 3 is 2.00 bits per heavy atom. The van der Waals surface area contributed by atoms with Gasteiger partial charge in [-0.15, -0.1) is 0 Å². The predicted molar refractivity (Wildman–Crippen MR) is 71.5 cm³/mol. The Morgan fingerprint density at radius 2 is 1.33 bits per heavy atom. The Balaban J connectivity index is 2.56. The van der Waals surface area contributed by atoms with Crippen molar-refractivity contribution >= 4 is 0 Å². The average Bonchev–Trinajstić information content (AvgIpc) is 2.46. The van der Waals surface area contributed by atoms with Crippen LogP contribution in [0.4, 0.5) is 0 Å². The van der Waals surface area contributed by atoms with Crippen molar-refractivity contribution in [2.24, 2.45) is 0 Å². The van der Waals surface area contributed by atoms with Gasteiger partial charge in [-0.05, 0) is 18.2 Å². The van der Waals surface area contributed by atoms with Gasteiger partial charge in [0.25, 0.3) is 0 Å². The van der Waals surface area contributed by atoms with Crippen molar-refractivity contribution < 1.29 is 14.2 Å². The van der Waals surface area contributed by atoms with Crippen molar-refractivity contribution in [2.75, 3.05) is 21.3 Å². The molecule has 0 unspecified atom stereocenters. The van der Waals surface area contributed by atoms with Crippen LogP contribution in [-0.2, 0) is 0 Å². The van der Waals surface area contributed by atoms with Gasteiger partial charge in [0.15, 0.2) is 0 Å². The predicted octanol–water partition coefficient (Wildman–Crippen LogP) is 3.38. The molecule has 0 saturated heterocycles. The highest BCUT2D eigenvalue weighted by molar-refractivity contribution is 5.76. The summed E-state index contributed by atoms with van der Waals surface area (Å²) in [7, 11) is 4.94. The summed E-state index contributed by atoms with van der Waals surface area (Å²) in [5, 5.41) is 0. The van der Waals surface area contributed by atoms with E-state index in [4.69, 9.17) is 14.2 Å². The SMILES string of the molecule is COc1ccc(-c2ccccc2OC)c(OC)c1. The van der Waals surface area contributed by atoms with E-state index < -0.39 is 0 Å². The Bertz CT molecular complexity index is 535. The number of methoxy groups -OCH3 is 3. The van der Waals surface area contributed by atoms with Gasteiger partial charge >= 0.3 is 0 Å². The molecule has 0 N–H and O–H groups in total. The van der Waals surface area contributed by atoms with Crippen LogP contribution in [0.1, 0.15) is 0 Å². The molecule has 0 saturated carbocycles. The molecule has 0 aromatic heterocycles. The lowest BCUT2D eigenvalue weighted by molar-refractivity contribution is 0.394. The van der Waals surface area contributed by atoms with Crippen LogP contribution in [0, 0.1) is 0 Å². The van der Waals surface area contributed by atoms with Gasteiger partial charge in [-0.1, -0.05) is 18.2 Å². The van der Waals surface area contributed by atoms with E-state index in [0.717, 1.165) is 28.4 Å². The Kier molecular flexibility index (Phi) is 3.72. The van der Waals surface area contributed by atoms with Crippen molar-refractivity contribution in [1.29, 1.82) is 0 Å². The first-order valence-electron chi connectivity index (χ1n) is 5.65. The van der Waals surface area contributed by atoms with E-state index in [1.54, 1.807) is 21.3 Å². The van der Waals surface area contributed by atoms with Crippen LogP contribution in [0.25, 0.3) is 11.1 Å². The summed E-state index contributed by atoms with van der Waals surface area (Å²) < 4.78 is 16.0. The molecule has 0 aliphatic rings. The molecule has 3 heteroatoms. The van der Waals surface area contributed by atoms with Gasteiger partial charge in [0, 0.05) is 17.2 Å².